The third kappa shape index (κ3) is 3.73. The van der Waals surface area contributed by atoms with Gasteiger partial charge in [0.2, 0.25) is 0 Å². The smallest absolute Gasteiger partial charge is 0.258 e. The molecule has 0 radical (unpaired) electrons. The second-order valence-electron chi connectivity index (χ2n) is 9.72. The fourth-order valence-electron chi connectivity index (χ4n) is 5.18. The lowest BCUT2D eigenvalue weighted by Crippen LogP contribution is -2.53. The lowest BCUT2D eigenvalue weighted by Gasteiger charge is -2.37. The first-order valence-electron chi connectivity index (χ1n) is 12.2. The zero-order valence-corrected chi connectivity index (χ0v) is 20.4. The van der Waals surface area contributed by atoms with E-state index in [1.54, 1.807) is 18.7 Å². The largest absolute Gasteiger partial charge is 0.382 e. The van der Waals surface area contributed by atoms with E-state index in [1.165, 1.54) is 6.33 Å². The number of morpholine rings is 1. The van der Waals surface area contributed by atoms with Gasteiger partial charge in [-0.3, -0.25) is 9.48 Å². The fourth-order valence-corrected chi connectivity index (χ4v) is 5.18. The van der Waals surface area contributed by atoms with Crippen LogP contribution >= 0.6 is 0 Å². The third-order valence-corrected chi connectivity index (χ3v) is 7.06. The van der Waals surface area contributed by atoms with Gasteiger partial charge in [-0.15, -0.1) is 0 Å². The van der Waals surface area contributed by atoms with Crippen molar-refractivity contribution in [2.24, 2.45) is 0 Å². The highest BCUT2D eigenvalue weighted by molar-refractivity contribution is 6.00. The predicted octanol–water partition coefficient (Wildman–Crippen LogP) is 3.34. The molecule has 0 spiro atoms. The highest BCUT2D eigenvalue weighted by Crippen LogP contribution is 2.37. The van der Waals surface area contributed by atoms with Crippen molar-refractivity contribution in [1.82, 2.24) is 24.4 Å². The maximum atomic E-state index is 13.0. The van der Waals surface area contributed by atoms with E-state index < -0.39 is 5.60 Å². The lowest BCUT2D eigenvalue weighted by atomic mass is 10.0. The van der Waals surface area contributed by atoms with Crippen LogP contribution in [0.15, 0.2) is 48.9 Å². The molecule has 2 N–H and O–H groups in total. The Morgan fingerprint density at radius 3 is 2.72 bits per heavy atom. The molecular formula is C26H29N7O3. The van der Waals surface area contributed by atoms with Gasteiger partial charge in [-0.05, 0) is 51.0 Å². The van der Waals surface area contributed by atoms with Gasteiger partial charge in [-0.1, -0.05) is 12.1 Å². The molecule has 0 bridgehead atoms. The van der Waals surface area contributed by atoms with Crippen molar-refractivity contribution in [2.75, 3.05) is 37.0 Å². The molecule has 36 heavy (non-hydrogen) atoms. The summed E-state index contributed by atoms with van der Waals surface area (Å²) in [6.45, 7) is 6.05. The Morgan fingerprint density at radius 2 is 1.89 bits per heavy atom. The summed E-state index contributed by atoms with van der Waals surface area (Å²) in [6.07, 6.45) is 5.10. The first kappa shape index (κ1) is 22.7. The van der Waals surface area contributed by atoms with E-state index in [1.807, 2.05) is 41.0 Å². The van der Waals surface area contributed by atoms with Crippen LogP contribution in [0.2, 0.25) is 0 Å². The summed E-state index contributed by atoms with van der Waals surface area (Å²) in [5.41, 5.74) is 10.7. The van der Waals surface area contributed by atoms with Crippen LogP contribution in [0.3, 0.4) is 0 Å². The number of amides is 1. The quantitative estimate of drug-likeness (QED) is 0.470. The van der Waals surface area contributed by atoms with Crippen molar-refractivity contribution >= 4 is 22.9 Å². The van der Waals surface area contributed by atoms with E-state index in [-0.39, 0.29) is 11.9 Å². The molecule has 1 aromatic carbocycles. The average Bonchev–Trinajstić information content (AvgIpc) is 3.52. The van der Waals surface area contributed by atoms with Gasteiger partial charge in [-0.25, -0.2) is 9.50 Å². The van der Waals surface area contributed by atoms with Crippen LogP contribution in [-0.4, -0.2) is 62.3 Å². The predicted molar refractivity (Wildman–Crippen MR) is 136 cm³/mol. The third-order valence-electron chi connectivity index (χ3n) is 7.06. The monoisotopic (exact) mass is 487 g/mol. The Bertz CT molecular complexity index is 1430. The molecule has 6 rings (SSSR count). The number of aromatic nitrogens is 5. The van der Waals surface area contributed by atoms with Gasteiger partial charge in [0.05, 0.1) is 24.0 Å². The Balaban J connectivity index is 1.47. The molecule has 3 aromatic heterocycles. The summed E-state index contributed by atoms with van der Waals surface area (Å²) < 4.78 is 15.1. The number of anilines is 2. The number of ether oxygens (including phenoxy) is 2. The molecule has 2 saturated heterocycles. The second-order valence-corrected chi connectivity index (χ2v) is 9.72. The Labute approximate surface area is 208 Å². The number of fused-ring (bicyclic) bond motifs is 1. The molecule has 2 aliphatic rings. The van der Waals surface area contributed by atoms with E-state index >= 15 is 0 Å². The van der Waals surface area contributed by atoms with Gasteiger partial charge >= 0.3 is 0 Å². The van der Waals surface area contributed by atoms with Crippen molar-refractivity contribution in [3.05, 3.63) is 48.9 Å². The first-order valence-corrected chi connectivity index (χ1v) is 12.2. The van der Waals surface area contributed by atoms with Crippen LogP contribution in [0.1, 0.15) is 32.7 Å². The zero-order valence-electron chi connectivity index (χ0n) is 20.4. The molecule has 10 nitrogen and oxygen atoms in total. The molecule has 10 heteroatoms. The summed E-state index contributed by atoms with van der Waals surface area (Å²) in [7, 11) is 0. The Morgan fingerprint density at radius 1 is 1.06 bits per heavy atom. The number of nitrogens with two attached hydrogens (primary N) is 1. The average molecular weight is 488 g/mol. The number of rotatable bonds is 4. The first-order chi connectivity index (χ1) is 17.4. The summed E-state index contributed by atoms with van der Waals surface area (Å²) in [4.78, 5) is 19.1. The molecule has 5 heterocycles. The van der Waals surface area contributed by atoms with Gasteiger partial charge < -0.3 is 20.1 Å². The molecule has 2 aliphatic heterocycles. The van der Waals surface area contributed by atoms with Crippen molar-refractivity contribution in [3.8, 4) is 22.5 Å². The topological polar surface area (TPSA) is 113 Å². The number of nitrogen functional groups attached to an aromatic ring is 1. The minimum atomic E-state index is -0.854. The van der Waals surface area contributed by atoms with E-state index in [0.29, 0.717) is 19.0 Å². The summed E-state index contributed by atoms with van der Waals surface area (Å²) >= 11 is 0. The zero-order chi connectivity index (χ0) is 24.9. The molecule has 4 aromatic rings. The number of carbonyl (C=O) groups is 1. The van der Waals surface area contributed by atoms with Crippen molar-refractivity contribution < 1.29 is 14.3 Å². The number of hydrogen-bond donors (Lipinski definition) is 1. The highest BCUT2D eigenvalue weighted by atomic mass is 16.5. The normalized spacial score (nSPS) is 18.7. The highest BCUT2D eigenvalue weighted by Gasteiger charge is 2.37. The van der Waals surface area contributed by atoms with Crippen LogP contribution < -0.4 is 10.6 Å². The molecule has 1 amide bonds. The van der Waals surface area contributed by atoms with Gasteiger partial charge in [0.15, 0.2) is 5.82 Å². The van der Waals surface area contributed by atoms with Crippen molar-refractivity contribution in [3.63, 3.8) is 0 Å². The van der Waals surface area contributed by atoms with E-state index in [2.05, 4.69) is 25.9 Å². The maximum absolute atomic E-state index is 13.0. The lowest BCUT2D eigenvalue weighted by molar-refractivity contribution is -0.144. The number of nitrogens with zero attached hydrogens (tertiary/aromatic N) is 6. The number of carbonyl (C=O) groups excluding carboxylic acids is 1. The summed E-state index contributed by atoms with van der Waals surface area (Å²) in [5.74, 6) is 0.339. The van der Waals surface area contributed by atoms with E-state index in [9.17, 15) is 4.79 Å². The molecule has 186 valence electrons. The van der Waals surface area contributed by atoms with Crippen LogP contribution in [0.5, 0.6) is 0 Å². The number of hydrogen-bond acceptors (Lipinski definition) is 7. The molecular weight excluding hydrogens is 458 g/mol. The molecule has 0 aliphatic carbocycles. The fraction of sp³-hybridized carbons (Fsp3) is 0.385. The molecule has 0 unspecified atom stereocenters. The Kier molecular flexibility index (Phi) is 5.50. The SMILES string of the molecule is CC1(C)OCCN(c2cccc(-c3cc(-c4ccnn4C4CCOCC4)c4c(N)ncnn34)c2)C1=O. The van der Waals surface area contributed by atoms with Gasteiger partial charge in [0, 0.05) is 42.8 Å². The van der Waals surface area contributed by atoms with Gasteiger partial charge in [0.25, 0.3) is 5.91 Å². The van der Waals surface area contributed by atoms with Crippen LogP contribution in [0.4, 0.5) is 11.5 Å². The second kappa shape index (κ2) is 8.72. The minimum Gasteiger partial charge on any atom is -0.382 e. The molecule has 2 fully saturated rings. The number of benzene rings is 1. The molecule has 0 saturated carbocycles. The summed E-state index contributed by atoms with van der Waals surface area (Å²) in [5, 5.41) is 9.19. The molecule has 0 atom stereocenters. The summed E-state index contributed by atoms with van der Waals surface area (Å²) in [6, 6.07) is 12.3. The van der Waals surface area contributed by atoms with Crippen molar-refractivity contribution in [1.29, 1.82) is 0 Å². The van der Waals surface area contributed by atoms with Crippen LogP contribution in [0, 0.1) is 0 Å². The standard InChI is InChI=1S/C26H29N7O3/c1-26(2)25(34)31(10-13-36-26)19-5-3-4-17(14-19)22-15-20(23-24(27)28-16-30-33(22)23)21-6-9-29-32(21)18-7-11-35-12-8-18/h3-6,9,14-16,18H,7-8,10-13H2,1-2H3,(H2,27,28,30). The van der Waals surface area contributed by atoms with E-state index in [0.717, 1.165) is 59.8 Å². The van der Waals surface area contributed by atoms with E-state index in [4.69, 9.17) is 15.2 Å². The van der Waals surface area contributed by atoms with Crippen LogP contribution in [0.25, 0.3) is 28.0 Å². The maximum Gasteiger partial charge on any atom is 0.258 e. The minimum absolute atomic E-state index is 0.0569. The van der Waals surface area contributed by atoms with Gasteiger partial charge in [-0.2, -0.15) is 10.2 Å². The van der Waals surface area contributed by atoms with Crippen LogP contribution in [-0.2, 0) is 14.3 Å². The van der Waals surface area contributed by atoms with Gasteiger partial charge in [0.1, 0.15) is 17.4 Å². The Hall–Kier alpha value is -3.76. The van der Waals surface area contributed by atoms with Crippen molar-refractivity contribution in [2.45, 2.75) is 38.3 Å².